The Balaban J connectivity index is 1.81. The van der Waals surface area contributed by atoms with Crippen LogP contribution in [0.5, 0.6) is 0 Å². The van der Waals surface area contributed by atoms with E-state index < -0.39 is 12.1 Å². The fraction of sp³-hybridized carbons (Fsp3) is 0.118. The van der Waals surface area contributed by atoms with Gasteiger partial charge in [0.15, 0.2) is 5.78 Å². The molecule has 1 N–H and O–H groups in total. The number of anilines is 1. The third-order valence-corrected chi connectivity index (χ3v) is 4.22. The molecule has 1 aliphatic heterocycles. The van der Waals surface area contributed by atoms with Crippen molar-refractivity contribution in [2.75, 3.05) is 5.32 Å². The van der Waals surface area contributed by atoms with Gasteiger partial charge in [0, 0.05) is 5.02 Å². The van der Waals surface area contributed by atoms with E-state index in [9.17, 15) is 4.79 Å². The van der Waals surface area contributed by atoms with Gasteiger partial charge >= 0.3 is 0 Å². The molecular weight excluding hydrogens is 312 g/mol. The molecule has 2 aromatic carbocycles. The van der Waals surface area contributed by atoms with E-state index in [1.165, 1.54) is 6.33 Å². The summed E-state index contributed by atoms with van der Waals surface area (Å²) in [4.78, 5) is 17.3. The predicted molar refractivity (Wildman–Crippen MR) is 87.4 cm³/mol. The molecule has 114 valence electrons. The molecule has 0 bridgehead atoms. The number of Topliss-reactive ketones (excluding diaryl/α,β-unsaturated/α-hetero) is 1. The average Bonchev–Trinajstić information content (AvgIpc) is 3.04. The number of rotatable bonds is 2. The molecule has 6 heteroatoms. The first kappa shape index (κ1) is 14.0. The summed E-state index contributed by atoms with van der Waals surface area (Å²) in [5.74, 6) is 0.606. The molecular formula is C17H13ClN4O. The number of ketones is 1. The summed E-state index contributed by atoms with van der Waals surface area (Å²) in [7, 11) is 0. The molecule has 3 aromatic rings. The summed E-state index contributed by atoms with van der Waals surface area (Å²) in [6, 6.07) is 15.9. The van der Waals surface area contributed by atoms with Gasteiger partial charge in [0.2, 0.25) is 5.95 Å². The molecule has 0 radical (unpaired) electrons. The molecule has 1 aliphatic rings. The molecule has 0 fully saturated rings. The van der Waals surface area contributed by atoms with Crippen molar-refractivity contribution in [3.8, 4) is 0 Å². The van der Waals surface area contributed by atoms with Gasteiger partial charge in [-0.25, -0.2) is 4.68 Å². The van der Waals surface area contributed by atoms with Crippen LogP contribution in [0.25, 0.3) is 0 Å². The van der Waals surface area contributed by atoms with Crippen molar-refractivity contribution in [1.29, 1.82) is 0 Å². The first-order valence-corrected chi connectivity index (χ1v) is 7.62. The second kappa shape index (κ2) is 5.52. The quantitative estimate of drug-likeness (QED) is 0.786. The van der Waals surface area contributed by atoms with Crippen LogP contribution in [-0.4, -0.2) is 20.5 Å². The fourth-order valence-corrected chi connectivity index (χ4v) is 2.99. The Labute approximate surface area is 137 Å². The predicted octanol–water partition coefficient (Wildman–Crippen LogP) is 3.26. The van der Waals surface area contributed by atoms with E-state index in [-0.39, 0.29) is 5.78 Å². The smallest absolute Gasteiger partial charge is 0.222 e. The van der Waals surface area contributed by atoms with Crippen LogP contribution in [0, 0.1) is 0 Å². The number of carbonyl (C=O) groups is 1. The van der Waals surface area contributed by atoms with Gasteiger partial charge in [-0.15, -0.1) is 0 Å². The molecule has 0 aliphatic carbocycles. The molecule has 0 amide bonds. The Kier molecular flexibility index (Phi) is 3.35. The number of hydrogen-bond donors (Lipinski definition) is 1. The number of nitrogens with zero attached hydrogens (tertiary/aromatic N) is 3. The average molecular weight is 325 g/mol. The highest BCUT2D eigenvalue weighted by atomic mass is 35.5. The van der Waals surface area contributed by atoms with Crippen molar-refractivity contribution < 1.29 is 4.79 Å². The molecule has 0 spiro atoms. The molecule has 1 aromatic heterocycles. The van der Waals surface area contributed by atoms with Gasteiger partial charge in [0.25, 0.3) is 0 Å². The second-order valence-electron chi connectivity index (χ2n) is 5.37. The van der Waals surface area contributed by atoms with Crippen molar-refractivity contribution in [1.82, 2.24) is 14.8 Å². The van der Waals surface area contributed by atoms with Gasteiger partial charge in [0.1, 0.15) is 18.4 Å². The van der Waals surface area contributed by atoms with Crippen molar-refractivity contribution in [3.63, 3.8) is 0 Å². The lowest BCUT2D eigenvalue weighted by molar-refractivity contribution is -0.122. The van der Waals surface area contributed by atoms with Gasteiger partial charge in [-0.05, 0) is 23.3 Å². The van der Waals surface area contributed by atoms with E-state index in [4.69, 9.17) is 11.6 Å². The van der Waals surface area contributed by atoms with Crippen molar-refractivity contribution >= 4 is 23.3 Å². The van der Waals surface area contributed by atoms with Crippen molar-refractivity contribution in [3.05, 3.63) is 77.1 Å². The molecule has 4 rings (SSSR count). The van der Waals surface area contributed by atoms with E-state index in [2.05, 4.69) is 15.4 Å². The number of halogens is 1. The van der Waals surface area contributed by atoms with Gasteiger partial charge in [-0.1, -0.05) is 54.1 Å². The summed E-state index contributed by atoms with van der Waals surface area (Å²) < 4.78 is 1.63. The highest BCUT2D eigenvalue weighted by Gasteiger charge is 2.37. The molecule has 2 unspecified atom stereocenters. The van der Waals surface area contributed by atoms with E-state index >= 15 is 0 Å². The van der Waals surface area contributed by atoms with E-state index in [1.54, 1.807) is 16.8 Å². The topological polar surface area (TPSA) is 59.8 Å². The summed E-state index contributed by atoms with van der Waals surface area (Å²) in [6.07, 6.45) is 1.45. The molecule has 0 saturated heterocycles. The van der Waals surface area contributed by atoms with Crippen LogP contribution in [0.3, 0.4) is 0 Å². The third kappa shape index (κ3) is 2.39. The van der Waals surface area contributed by atoms with Crippen molar-refractivity contribution in [2.24, 2.45) is 0 Å². The summed E-state index contributed by atoms with van der Waals surface area (Å²) in [5, 5.41) is 8.01. The molecule has 2 heterocycles. The highest BCUT2D eigenvalue weighted by Crippen LogP contribution is 2.34. The lowest BCUT2D eigenvalue weighted by Crippen LogP contribution is -2.37. The number of hydrogen-bond acceptors (Lipinski definition) is 4. The molecule has 2 atom stereocenters. The largest absolute Gasteiger partial charge is 0.340 e. The number of carbonyl (C=O) groups excluding carboxylic acids is 1. The zero-order chi connectivity index (χ0) is 15.8. The fourth-order valence-electron chi connectivity index (χ4n) is 2.86. The maximum Gasteiger partial charge on any atom is 0.222 e. The minimum atomic E-state index is -0.490. The van der Waals surface area contributed by atoms with Crippen LogP contribution in [-0.2, 0) is 4.79 Å². The number of aromatic nitrogens is 3. The lowest BCUT2D eigenvalue weighted by atomic mass is 9.92. The van der Waals surface area contributed by atoms with Gasteiger partial charge < -0.3 is 5.32 Å². The van der Waals surface area contributed by atoms with Crippen LogP contribution >= 0.6 is 11.6 Å². The number of fused-ring (bicyclic) bond motifs is 1. The summed E-state index contributed by atoms with van der Waals surface area (Å²) in [5.41, 5.74) is 1.75. The van der Waals surface area contributed by atoms with Crippen LogP contribution in [0.15, 0.2) is 60.9 Å². The maximum atomic E-state index is 13.1. The van der Waals surface area contributed by atoms with E-state index in [0.29, 0.717) is 11.0 Å². The van der Waals surface area contributed by atoms with Crippen LogP contribution < -0.4 is 5.32 Å². The number of nitrogens with one attached hydrogen (secondary N) is 1. The minimum Gasteiger partial charge on any atom is -0.340 e. The molecule has 5 nitrogen and oxygen atoms in total. The first-order valence-electron chi connectivity index (χ1n) is 7.24. The van der Waals surface area contributed by atoms with Crippen LogP contribution in [0.2, 0.25) is 5.02 Å². The maximum absolute atomic E-state index is 13.1. The summed E-state index contributed by atoms with van der Waals surface area (Å²) in [6.45, 7) is 0. The lowest BCUT2D eigenvalue weighted by Gasteiger charge is -2.30. The van der Waals surface area contributed by atoms with E-state index in [1.807, 2.05) is 42.5 Å². The monoisotopic (exact) mass is 324 g/mol. The molecule has 0 saturated carbocycles. The normalized spacial score (nSPS) is 20.0. The van der Waals surface area contributed by atoms with E-state index in [0.717, 1.165) is 11.1 Å². The van der Waals surface area contributed by atoms with Crippen LogP contribution in [0.1, 0.15) is 23.2 Å². The van der Waals surface area contributed by atoms with Crippen molar-refractivity contribution in [2.45, 2.75) is 12.1 Å². The zero-order valence-electron chi connectivity index (χ0n) is 12.1. The standard InChI is InChI=1S/C17H13ClN4O/c18-13-8-6-11(7-9-13)14-16(23)15(12-4-2-1-3-5-12)22-17(21-14)19-10-20-22/h1-10,14-15H,(H,19,20,21). The second-order valence-corrected chi connectivity index (χ2v) is 5.81. The molecule has 23 heavy (non-hydrogen) atoms. The Morgan fingerprint density at radius 3 is 2.48 bits per heavy atom. The Morgan fingerprint density at radius 2 is 1.74 bits per heavy atom. The SMILES string of the molecule is O=C1C(c2ccc(Cl)cc2)Nc2ncnn2C1c1ccccc1. The third-order valence-electron chi connectivity index (χ3n) is 3.96. The highest BCUT2D eigenvalue weighted by molar-refractivity contribution is 6.30. The van der Waals surface area contributed by atoms with Gasteiger partial charge in [0.05, 0.1) is 0 Å². The Morgan fingerprint density at radius 1 is 1.00 bits per heavy atom. The number of benzene rings is 2. The van der Waals surface area contributed by atoms with Crippen LogP contribution in [0.4, 0.5) is 5.95 Å². The van der Waals surface area contributed by atoms with Gasteiger partial charge in [-0.3, -0.25) is 4.79 Å². The Hall–Kier alpha value is -2.66. The zero-order valence-corrected chi connectivity index (χ0v) is 12.8. The first-order chi connectivity index (χ1) is 11.2. The Bertz CT molecular complexity index is 845. The minimum absolute atomic E-state index is 0.0246. The summed E-state index contributed by atoms with van der Waals surface area (Å²) >= 11 is 5.94. The van der Waals surface area contributed by atoms with Gasteiger partial charge in [-0.2, -0.15) is 10.1 Å².